The third-order valence-corrected chi connectivity index (χ3v) is 5.48. The van der Waals surface area contributed by atoms with Gasteiger partial charge in [-0.3, -0.25) is 4.79 Å². The van der Waals surface area contributed by atoms with Gasteiger partial charge in [0.1, 0.15) is 0 Å². The number of hydrogen-bond acceptors (Lipinski definition) is 3. The number of benzene rings is 1. The fourth-order valence-electron chi connectivity index (χ4n) is 2.76. The van der Waals surface area contributed by atoms with E-state index in [-0.39, 0.29) is 16.2 Å². The molecule has 6 heteroatoms. The van der Waals surface area contributed by atoms with Crippen LogP contribution < -0.4 is 5.32 Å². The Morgan fingerprint density at radius 2 is 1.80 bits per heavy atom. The molecular weight excluding hydrogens is 298 g/mol. The molecule has 1 amide bonds. The topological polar surface area (TPSA) is 63.2 Å². The summed E-state index contributed by atoms with van der Waals surface area (Å²) >= 11 is 0. The third-order valence-electron chi connectivity index (χ3n) is 4.11. The van der Waals surface area contributed by atoms with Crippen molar-refractivity contribution in [3.8, 4) is 0 Å². The van der Waals surface area contributed by atoms with Crippen LogP contribution in [0.5, 0.6) is 0 Å². The highest BCUT2D eigenvalue weighted by molar-refractivity contribution is 8.13. The minimum absolute atomic E-state index is 0.0268. The van der Waals surface area contributed by atoms with Gasteiger partial charge in [0.05, 0.1) is 4.90 Å². The van der Waals surface area contributed by atoms with E-state index in [0.717, 1.165) is 32.1 Å². The van der Waals surface area contributed by atoms with Crippen LogP contribution in [0, 0.1) is 5.41 Å². The van der Waals surface area contributed by atoms with Crippen molar-refractivity contribution >= 4 is 31.3 Å². The Labute approximate surface area is 123 Å². The number of halogens is 1. The standard InChI is InChI=1S/C14H18ClNO3S/c1-2-14(9-3-4-10-14)13(17)16-11-5-7-12(8-6-11)20(15,18)19/h5-8H,2-4,9-10H2,1H3,(H,16,17). The highest BCUT2D eigenvalue weighted by Crippen LogP contribution is 2.41. The number of hydrogen-bond donors (Lipinski definition) is 1. The molecule has 0 saturated heterocycles. The number of amides is 1. The third kappa shape index (κ3) is 3.15. The van der Waals surface area contributed by atoms with E-state index in [1.54, 1.807) is 12.1 Å². The van der Waals surface area contributed by atoms with E-state index in [0.29, 0.717) is 5.69 Å². The molecule has 0 spiro atoms. The van der Waals surface area contributed by atoms with E-state index in [9.17, 15) is 13.2 Å². The first-order chi connectivity index (χ1) is 9.37. The highest BCUT2D eigenvalue weighted by atomic mass is 35.7. The predicted molar refractivity (Wildman–Crippen MR) is 79.3 cm³/mol. The molecule has 0 radical (unpaired) electrons. The Kier molecular flexibility index (Phi) is 4.39. The van der Waals surface area contributed by atoms with E-state index in [1.165, 1.54) is 12.1 Å². The van der Waals surface area contributed by atoms with Crippen LogP contribution >= 0.6 is 10.7 Å². The summed E-state index contributed by atoms with van der Waals surface area (Å²) in [5.74, 6) is 0.0268. The summed E-state index contributed by atoms with van der Waals surface area (Å²) in [6, 6.07) is 5.91. The number of anilines is 1. The fraction of sp³-hybridized carbons (Fsp3) is 0.500. The molecule has 1 N–H and O–H groups in total. The maximum atomic E-state index is 12.4. The number of rotatable bonds is 4. The molecule has 1 aromatic carbocycles. The van der Waals surface area contributed by atoms with Gasteiger partial charge in [0.2, 0.25) is 5.91 Å². The Morgan fingerprint density at radius 1 is 1.25 bits per heavy atom. The van der Waals surface area contributed by atoms with Gasteiger partial charge in [-0.15, -0.1) is 0 Å². The first kappa shape index (κ1) is 15.3. The fourth-order valence-corrected chi connectivity index (χ4v) is 3.53. The summed E-state index contributed by atoms with van der Waals surface area (Å²) in [5.41, 5.74) is 0.329. The number of nitrogens with one attached hydrogen (secondary N) is 1. The summed E-state index contributed by atoms with van der Waals surface area (Å²) in [7, 11) is 1.53. The van der Waals surface area contributed by atoms with E-state index >= 15 is 0 Å². The van der Waals surface area contributed by atoms with Crippen LogP contribution in [0.2, 0.25) is 0 Å². The van der Waals surface area contributed by atoms with Crippen LogP contribution in [-0.4, -0.2) is 14.3 Å². The second kappa shape index (κ2) is 5.74. The lowest BCUT2D eigenvalue weighted by molar-refractivity contribution is -0.125. The van der Waals surface area contributed by atoms with E-state index < -0.39 is 9.05 Å². The second-order valence-electron chi connectivity index (χ2n) is 5.26. The molecule has 0 atom stereocenters. The molecule has 20 heavy (non-hydrogen) atoms. The molecule has 110 valence electrons. The Hall–Kier alpha value is -1.07. The molecule has 0 unspecified atom stereocenters. The van der Waals surface area contributed by atoms with Crippen LogP contribution in [0.4, 0.5) is 5.69 Å². The van der Waals surface area contributed by atoms with Gasteiger partial charge in [0.15, 0.2) is 0 Å². The van der Waals surface area contributed by atoms with E-state index in [1.807, 2.05) is 6.92 Å². The van der Waals surface area contributed by atoms with Gasteiger partial charge in [0.25, 0.3) is 9.05 Å². The molecule has 1 saturated carbocycles. The predicted octanol–water partition coefficient (Wildman–Crippen LogP) is 3.52. The summed E-state index contributed by atoms with van der Waals surface area (Å²) in [6.45, 7) is 2.04. The van der Waals surface area contributed by atoms with Gasteiger partial charge in [-0.2, -0.15) is 0 Å². The quantitative estimate of drug-likeness (QED) is 0.865. The largest absolute Gasteiger partial charge is 0.326 e. The lowest BCUT2D eigenvalue weighted by atomic mass is 9.82. The summed E-state index contributed by atoms with van der Waals surface area (Å²) in [4.78, 5) is 12.4. The van der Waals surface area contributed by atoms with Crippen LogP contribution in [0.3, 0.4) is 0 Å². The zero-order valence-electron chi connectivity index (χ0n) is 11.4. The average Bonchev–Trinajstić information content (AvgIpc) is 2.88. The van der Waals surface area contributed by atoms with Crippen molar-refractivity contribution in [1.82, 2.24) is 0 Å². The summed E-state index contributed by atoms with van der Waals surface area (Å²) in [5, 5.41) is 2.88. The SMILES string of the molecule is CCC1(C(=O)Nc2ccc(S(=O)(=O)Cl)cc2)CCCC1. The number of carbonyl (C=O) groups excluding carboxylic acids is 1. The number of carbonyl (C=O) groups is 1. The highest BCUT2D eigenvalue weighted by Gasteiger charge is 2.39. The Bertz CT molecular complexity index is 589. The van der Waals surface area contributed by atoms with Crippen LogP contribution in [0.1, 0.15) is 39.0 Å². The second-order valence-corrected chi connectivity index (χ2v) is 7.82. The normalized spacial score (nSPS) is 17.9. The summed E-state index contributed by atoms with van der Waals surface area (Å²) in [6.07, 6.45) is 4.84. The maximum absolute atomic E-state index is 12.4. The minimum Gasteiger partial charge on any atom is -0.326 e. The molecule has 1 aliphatic carbocycles. The van der Waals surface area contributed by atoms with Crippen LogP contribution in [-0.2, 0) is 13.8 Å². The minimum atomic E-state index is -3.72. The van der Waals surface area contributed by atoms with Crippen molar-refractivity contribution in [2.45, 2.75) is 43.9 Å². The molecule has 4 nitrogen and oxygen atoms in total. The van der Waals surface area contributed by atoms with Crippen LogP contribution in [0.25, 0.3) is 0 Å². The zero-order chi connectivity index (χ0) is 14.8. The smallest absolute Gasteiger partial charge is 0.261 e. The molecular formula is C14H18ClNO3S. The molecule has 1 aliphatic rings. The molecule has 1 aromatic rings. The first-order valence-electron chi connectivity index (χ1n) is 6.74. The van der Waals surface area contributed by atoms with Gasteiger partial charge in [-0.05, 0) is 43.5 Å². The van der Waals surface area contributed by atoms with Crippen molar-refractivity contribution in [3.63, 3.8) is 0 Å². The van der Waals surface area contributed by atoms with Crippen LogP contribution in [0.15, 0.2) is 29.2 Å². The first-order valence-corrected chi connectivity index (χ1v) is 9.04. The molecule has 0 aromatic heterocycles. The van der Waals surface area contributed by atoms with Gasteiger partial charge >= 0.3 is 0 Å². The Morgan fingerprint density at radius 3 is 2.25 bits per heavy atom. The van der Waals surface area contributed by atoms with Crippen molar-refractivity contribution in [1.29, 1.82) is 0 Å². The lowest BCUT2D eigenvalue weighted by Gasteiger charge is -2.26. The lowest BCUT2D eigenvalue weighted by Crippen LogP contribution is -2.33. The summed E-state index contributed by atoms with van der Waals surface area (Å²) < 4.78 is 22.3. The zero-order valence-corrected chi connectivity index (χ0v) is 12.9. The van der Waals surface area contributed by atoms with Gasteiger partial charge < -0.3 is 5.32 Å². The maximum Gasteiger partial charge on any atom is 0.261 e. The molecule has 1 fully saturated rings. The van der Waals surface area contributed by atoms with Crippen molar-refractivity contribution in [2.75, 3.05) is 5.32 Å². The average molecular weight is 316 g/mol. The molecule has 0 aliphatic heterocycles. The van der Waals surface area contributed by atoms with E-state index in [4.69, 9.17) is 10.7 Å². The molecule has 0 heterocycles. The van der Waals surface area contributed by atoms with Gasteiger partial charge in [-0.1, -0.05) is 19.8 Å². The molecule has 2 rings (SSSR count). The molecule has 0 bridgehead atoms. The van der Waals surface area contributed by atoms with E-state index in [2.05, 4.69) is 5.32 Å². The Balaban J connectivity index is 2.12. The van der Waals surface area contributed by atoms with Crippen molar-refractivity contribution < 1.29 is 13.2 Å². The van der Waals surface area contributed by atoms with Gasteiger partial charge in [-0.25, -0.2) is 8.42 Å². The van der Waals surface area contributed by atoms with Gasteiger partial charge in [0, 0.05) is 21.8 Å². The monoisotopic (exact) mass is 315 g/mol. The van der Waals surface area contributed by atoms with Crippen molar-refractivity contribution in [3.05, 3.63) is 24.3 Å². The van der Waals surface area contributed by atoms with Crippen molar-refractivity contribution in [2.24, 2.45) is 5.41 Å².